The van der Waals surface area contributed by atoms with Crippen molar-refractivity contribution >= 4 is 6.21 Å². The maximum Gasteiger partial charge on any atom is 0.123 e. The molecule has 0 radical (unpaired) electrons. The quantitative estimate of drug-likeness (QED) is 0.352. The van der Waals surface area contributed by atoms with Crippen LogP contribution in [-0.4, -0.2) is 6.21 Å². The van der Waals surface area contributed by atoms with E-state index in [0.29, 0.717) is 0 Å². The molecule has 10 heavy (non-hydrogen) atoms. The molecular formula is C7H7FN2. The number of nitrogens with two attached hydrogens (primary N) is 1. The maximum absolute atomic E-state index is 12.3. The zero-order valence-electron chi connectivity index (χ0n) is 5.29. The molecule has 1 aromatic rings. The van der Waals surface area contributed by atoms with Gasteiger partial charge >= 0.3 is 0 Å². The van der Waals surface area contributed by atoms with E-state index in [1.165, 1.54) is 18.3 Å². The number of hydrazone groups is 1. The second-order valence-corrected chi connectivity index (χ2v) is 1.83. The van der Waals surface area contributed by atoms with Gasteiger partial charge < -0.3 is 5.84 Å². The van der Waals surface area contributed by atoms with E-state index in [4.69, 9.17) is 5.84 Å². The first-order valence-electron chi connectivity index (χ1n) is 2.82. The van der Waals surface area contributed by atoms with Crippen molar-refractivity contribution in [2.24, 2.45) is 10.9 Å². The molecule has 0 fully saturated rings. The molecule has 3 heteroatoms. The van der Waals surface area contributed by atoms with Crippen LogP contribution in [0.25, 0.3) is 0 Å². The smallest absolute Gasteiger partial charge is 0.123 e. The van der Waals surface area contributed by atoms with Crippen molar-refractivity contribution < 1.29 is 4.39 Å². The fourth-order valence-corrected chi connectivity index (χ4v) is 0.635. The van der Waals surface area contributed by atoms with E-state index in [-0.39, 0.29) is 5.82 Å². The third-order valence-electron chi connectivity index (χ3n) is 1.09. The van der Waals surface area contributed by atoms with Gasteiger partial charge in [0.05, 0.1) is 6.21 Å². The summed E-state index contributed by atoms with van der Waals surface area (Å²) in [7, 11) is 0. The highest BCUT2D eigenvalue weighted by Gasteiger charge is 1.87. The molecule has 0 saturated heterocycles. The van der Waals surface area contributed by atoms with E-state index in [0.717, 1.165) is 5.56 Å². The summed E-state index contributed by atoms with van der Waals surface area (Å²) in [6, 6.07) is 5.92. The van der Waals surface area contributed by atoms with E-state index in [2.05, 4.69) is 5.10 Å². The maximum atomic E-state index is 12.3. The van der Waals surface area contributed by atoms with Gasteiger partial charge in [0.25, 0.3) is 0 Å². The number of rotatable bonds is 1. The van der Waals surface area contributed by atoms with Gasteiger partial charge in [0.2, 0.25) is 0 Å². The number of nitrogens with zero attached hydrogens (tertiary/aromatic N) is 1. The molecule has 52 valence electrons. The molecule has 0 aliphatic heterocycles. The van der Waals surface area contributed by atoms with Gasteiger partial charge in [-0.05, 0) is 17.7 Å². The molecule has 0 atom stereocenters. The van der Waals surface area contributed by atoms with Crippen LogP contribution < -0.4 is 5.84 Å². The van der Waals surface area contributed by atoms with E-state index in [1.54, 1.807) is 12.1 Å². The molecule has 0 amide bonds. The Balaban J connectivity index is 2.89. The minimum absolute atomic E-state index is 0.255. The average molecular weight is 138 g/mol. The second-order valence-electron chi connectivity index (χ2n) is 1.83. The van der Waals surface area contributed by atoms with Crippen molar-refractivity contribution in [2.75, 3.05) is 0 Å². The highest BCUT2D eigenvalue weighted by Crippen LogP contribution is 1.98. The fourth-order valence-electron chi connectivity index (χ4n) is 0.635. The lowest BCUT2D eigenvalue weighted by Crippen LogP contribution is -1.85. The van der Waals surface area contributed by atoms with Crippen molar-refractivity contribution in [2.45, 2.75) is 0 Å². The Morgan fingerprint density at radius 3 is 2.40 bits per heavy atom. The van der Waals surface area contributed by atoms with E-state index < -0.39 is 0 Å². The summed E-state index contributed by atoms with van der Waals surface area (Å²) in [4.78, 5) is 0. The summed E-state index contributed by atoms with van der Waals surface area (Å²) in [6.07, 6.45) is 1.46. The monoisotopic (exact) mass is 138 g/mol. The number of halogens is 1. The van der Waals surface area contributed by atoms with Crippen LogP contribution >= 0.6 is 0 Å². The van der Waals surface area contributed by atoms with E-state index in [9.17, 15) is 4.39 Å². The Morgan fingerprint density at radius 1 is 1.30 bits per heavy atom. The van der Waals surface area contributed by atoms with Crippen molar-refractivity contribution in [1.29, 1.82) is 0 Å². The highest BCUT2D eigenvalue weighted by molar-refractivity contribution is 5.79. The Hall–Kier alpha value is -1.38. The molecule has 0 aromatic heterocycles. The first kappa shape index (κ1) is 6.74. The molecule has 0 spiro atoms. The second kappa shape index (κ2) is 2.96. The van der Waals surface area contributed by atoms with Crippen LogP contribution in [0.2, 0.25) is 0 Å². The normalized spacial score (nSPS) is 10.5. The third kappa shape index (κ3) is 1.55. The summed E-state index contributed by atoms with van der Waals surface area (Å²) in [5, 5.41) is 3.29. The largest absolute Gasteiger partial charge is 0.323 e. The molecule has 0 aliphatic rings. The Kier molecular flexibility index (Phi) is 1.99. The van der Waals surface area contributed by atoms with Crippen LogP contribution in [0.4, 0.5) is 4.39 Å². The highest BCUT2D eigenvalue weighted by atomic mass is 19.1. The van der Waals surface area contributed by atoms with Crippen molar-refractivity contribution in [3.8, 4) is 0 Å². The van der Waals surface area contributed by atoms with E-state index >= 15 is 0 Å². The number of hydrogen-bond acceptors (Lipinski definition) is 2. The van der Waals surface area contributed by atoms with Crippen LogP contribution in [0.1, 0.15) is 5.56 Å². The topological polar surface area (TPSA) is 38.4 Å². The lowest BCUT2D eigenvalue weighted by Gasteiger charge is -1.89. The first-order chi connectivity index (χ1) is 4.83. The summed E-state index contributed by atoms with van der Waals surface area (Å²) < 4.78 is 12.3. The molecule has 0 aliphatic carbocycles. The zero-order chi connectivity index (χ0) is 7.40. The molecule has 0 saturated carbocycles. The van der Waals surface area contributed by atoms with Crippen LogP contribution in [0, 0.1) is 5.82 Å². The van der Waals surface area contributed by atoms with Crippen LogP contribution in [-0.2, 0) is 0 Å². The summed E-state index contributed by atoms with van der Waals surface area (Å²) in [5.74, 6) is 4.62. The average Bonchev–Trinajstić information content (AvgIpc) is 1.95. The van der Waals surface area contributed by atoms with Crippen LogP contribution in [0.15, 0.2) is 29.4 Å². The van der Waals surface area contributed by atoms with Crippen molar-refractivity contribution in [1.82, 2.24) is 0 Å². The molecule has 2 N–H and O–H groups in total. The zero-order valence-corrected chi connectivity index (χ0v) is 5.29. The standard InChI is InChI=1S/C7H7FN2/c8-7-3-1-6(2-4-7)5-10-9/h1-5H,9H2/b10-5+. The van der Waals surface area contributed by atoms with Gasteiger partial charge in [-0.3, -0.25) is 0 Å². The van der Waals surface area contributed by atoms with E-state index in [1.807, 2.05) is 0 Å². The number of hydrogen-bond donors (Lipinski definition) is 1. The lowest BCUT2D eigenvalue weighted by atomic mass is 10.2. The Labute approximate surface area is 58.2 Å². The summed E-state index contributed by atoms with van der Waals surface area (Å²) in [6.45, 7) is 0. The van der Waals surface area contributed by atoms with Crippen molar-refractivity contribution in [3.63, 3.8) is 0 Å². The Bertz CT molecular complexity index is 228. The molecule has 0 heterocycles. The third-order valence-corrected chi connectivity index (χ3v) is 1.09. The predicted molar refractivity (Wildman–Crippen MR) is 38.2 cm³/mol. The number of benzene rings is 1. The minimum Gasteiger partial charge on any atom is -0.323 e. The summed E-state index contributed by atoms with van der Waals surface area (Å²) in [5.41, 5.74) is 0.795. The summed E-state index contributed by atoms with van der Waals surface area (Å²) >= 11 is 0. The first-order valence-corrected chi connectivity index (χ1v) is 2.82. The van der Waals surface area contributed by atoms with Gasteiger partial charge in [-0.25, -0.2) is 4.39 Å². The lowest BCUT2D eigenvalue weighted by molar-refractivity contribution is 0.628. The van der Waals surface area contributed by atoms with Gasteiger partial charge in [0, 0.05) is 0 Å². The molecule has 1 aromatic carbocycles. The predicted octanol–water partition coefficient (Wildman–Crippen LogP) is 1.12. The van der Waals surface area contributed by atoms with Gasteiger partial charge in [-0.2, -0.15) is 5.10 Å². The van der Waals surface area contributed by atoms with Gasteiger partial charge in [-0.15, -0.1) is 0 Å². The van der Waals surface area contributed by atoms with Crippen LogP contribution in [0.5, 0.6) is 0 Å². The molecule has 1 rings (SSSR count). The van der Waals surface area contributed by atoms with Gasteiger partial charge in [-0.1, -0.05) is 12.1 Å². The fraction of sp³-hybridized carbons (Fsp3) is 0. The minimum atomic E-state index is -0.255. The van der Waals surface area contributed by atoms with Gasteiger partial charge in [0.15, 0.2) is 0 Å². The molecule has 2 nitrogen and oxygen atoms in total. The van der Waals surface area contributed by atoms with Gasteiger partial charge in [0.1, 0.15) is 5.82 Å². The molecule has 0 bridgehead atoms. The Morgan fingerprint density at radius 2 is 1.90 bits per heavy atom. The SMILES string of the molecule is N/N=C/c1ccc(F)cc1. The molecular weight excluding hydrogens is 131 g/mol. The van der Waals surface area contributed by atoms with Crippen molar-refractivity contribution in [3.05, 3.63) is 35.6 Å². The van der Waals surface area contributed by atoms with Crippen LogP contribution in [0.3, 0.4) is 0 Å². The molecule has 0 unspecified atom stereocenters.